The fourth-order valence-corrected chi connectivity index (χ4v) is 5.46. The smallest absolute Gasteiger partial charge is 0.224 e. The Morgan fingerprint density at radius 3 is 2.89 bits per heavy atom. The van der Waals surface area contributed by atoms with E-state index in [1.165, 1.54) is 6.92 Å². The van der Waals surface area contributed by atoms with Crippen LogP contribution in [-0.2, 0) is 16.1 Å². The van der Waals surface area contributed by atoms with Gasteiger partial charge in [-0.25, -0.2) is 4.98 Å². The summed E-state index contributed by atoms with van der Waals surface area (Å²) >= 11 is 1.67. The molecule has 0 saturated carbocycles. The van der Waals surface area contributed by atoms with Crippen LogP contribution in [0.4, 0.5) is 0 Å². The lowest BCUT2D eigenvalue weighted by molar-refractivity contribution is -0.151. The minimum atomic E-state index is -0.311. The number of piperazine rings is 1. The fourth-order valence-electron chi connectivity index (χ4n) is 4.81. The van der Waals surface area contributed by atoms with Gasteiger partial charge in [0.2, 0.25) is 11.8 Å². The SMILES string of the molecule is CC(=O)NCCC(=O)N1C[C@H]2C[C@@H](O)CN2C2(CN(Cc3nccs3)C2)C1. The van der Waals surface area contributed by atoms with E-state index >= 15 is 0 Å². The molecule has 0 unspecified atom stereocenters. The molecule has 3 saturated heterocycles. The van der Waals surface area contributed by atoms with Crippen LogP contribution in [0.5, 0.6) is 0 Å². The lowest BCUT2D eigenvalue weighted by Gasteiger charge is -2.61. The first-order valence-corrected chi connectivity index (χ1v) is 10.4. The summed E-state index contributed by atoms with van der Waals surface area (Å²) in [7, 11) is 0. The maximum absolute atomic E-state index is 12.7. The molecular formula is C18H27N5O3S. The first kappa shape index (κ1) is 18.8. The minimum Gasteiger partial charge on any atom is -0.392 e. The summed E-state index contributed by atoms with van der Waals surface area (Å²) in [5.41, 5.74) is -0.0681. The molecule has 3 aliphatic rings. The van der Waals surface area contributed by atoms with E-state index in [0.717, 1.165) is 31.1 Å². The van der Waals surface area contributed by atoms with Crippen molar-refractivity contribution in [3.05, 3.63) is 16.6 Å². The number of hydrogen-bond donors (Lipinski definition) is 2. The Morgan fingerprint density at radius 2 is 2.19 bits per heavy atom. The van der Waals surface area contributed by atoms with Crippen LogP contribution in [0, 0.1) is 0 Å². The largest absolute Gasteiger partial charge is 0.392 e. The van der Waals surface area contributed by atoms with E-state index < -0.39 is 0 Å². The van der Waals surface area contributed by atoms with Crippen molar-refractivity contribution < 1.29 is 14.7 Å². The van der Waals surface area contributed by atoms with Crippen LogP contribution in [0.1, 0.15) is 24.8 Å². The van der Waals surface area contributed by atoms with Crippen LogP contribution in [-0.4, -0.2) is 93.6 Å². The van der Waals surface area contributed by atoms with Crippen molar-refractivity contribution in [2.75, 3.05) is 39.3 Å². The Bertz CT molecular complexity index is 691. The number of nitrogens with one attached hydrogen (secondary N) is 1. The maximum atomic E-state index is 12.7. The first-order chi connectivity index (χ1) is 12.9. The highest BCUT2D eigenvalue weighted by molar-refractivity contribution is 7.09. The topological polar surface area (TPSA) is 89.0 Å². The summed E-state index contributed by atoms with van der Waals surface area (Å²) in [6, 6.07) is 0.223. The molecule has 4 rings (SSSR count). The number of β-amino-alcohol motifs (C(OH)–C–C–N with tert-alkyl or cyclic N) is 1. The van der Waals surface area contributed by atoms with Crippen molar-refractivity contribution in [3.63, 3.8) is 0 Å². The van der Waals surface area contributed by atoms with Crippen LogP contribution in [0.25, 0.3) is 0 Å². The number of aromatic nitrogens is 1. The van der Waals surface area contributed by atoms with Crippen molar-refractivity contribution in [2.45, 2.75) is 44.0 Å². The summed E-state index contributed by atoms with van der Waals surface area (Å²) in [5.74, 6) is -0.0256. The van der Waals surface area contributed by atoms with Gasteiger partial charge in [0.05, 0.1) is 18.2 Å². The number of likely N-dealkylation sites (tertiary alicyclic amines) is 1. The molecule has 1 aromatic heterocycles. The van der Waals surface area contributed by atoms with E-state index in [0.29, 0.717) is 32.6 Å². The average Bonchev–Trinajstić information content (AvgIpc) is 3.21. The molecule has 0 bridgehead atoms. The van der Waals surface area contributed by atoms with Crippen LogP contribution in [0.3, 0.4) is 0 Å². The summed E-state index contributed by atoms with van der Waals surface area (Å²) in [5, 5.41) is 16.0. The van der Waals surface area contributed by atoms with Gasteiger partial charge >= 0.3 is 0 Å². The molecule has 1 spiro atoms. The zero-order valence-electron chi connectivity index (χ0n) is 15.6. The molecule has 9 heteroatoms. The lowest BCUT2D eigenvalue weighted by atomic mass is 9.83. The quantitative estimate of drug-likeness (QED) is 0.701. The van der Waals surface area contributed by atoms with Gasteiger partial charge < -0.3 is 15.3 Å². The molecule has 0 radical (unpaired) electrons. The zero-order valence-corrected chi connectivity index (χ0v) is 16.5. The molecule has 2 amide bonds. The highest BCUT2D eigenvalue weighted by atomic mass is 32.1. The second-order valence-electron chi connectivity index (χ2n) is 8.00. The van der Waals surface area contributed by atoms with Gasteiger partial charge in [0, 0.05) is 70.2 Å². The van der Waals surface area contributed by atoms with E-state index in [1.807, 2.05) is 16.5 Å². The molecule has 27 heavy (non-hydrogen) atoms. The third kappa shape index (κ3) is 3.87. The van der Waals surface area contributed by atoms with Crippen molar-refractivity contribution in [1.82, 2.24) is 25.0 Å². The standard InChI is InChI=1S/C18H27N5O3S/c1-13(24)19-3-2-17(26)22-7-14-6-15(25)8-23(14)18(12-22)10-21(11-18)9-16-20-4-5-27-16/h4-5,14-15,25H,2-3,6-12H2,1H3,(H,19,24)/t14-,15-/m1/s1. The number of nitrogens with zero attached hydrogens (tertiary/aromatic N) is 4. The summed E-state index contributed by atoms with van der Waals surface area (Å²) in [4.78, 5) is 34.8. The zero-order chi connectivity index (χ0) is 19.0. The second kappa shape index (κ2) is 7.46. The molecule has 0 aliphatic carbocycles. The summed E-state index contributed by atoms with van der Waals surface area (Å²) in [6.45, 7) is 6.54. The second-order valence-corrected chi connectivity index (χ2v) is 8.98. The molecule has 1 aromatic rings. The molecule has 148 valence electrons. The van der Waals surface area contributed by atoms with Crippen LogP contribution < -0.4 is 5.32 Å². The molecule has 3 aliphatic heterocycles. The minimum absolute atomic E-state index is 0.0681. The van der Waals surface area contributed by atoms with Gasteiger partial charge in [0.1, 0.15) is 5.01 Å². The number of fused-ring (bicyclic) bond motifs is 2. The Kier molecular flexibility index (Phi) is 5.19. The molecule has 2 atom stereocenters. The predicted molar refractivity (Wildman–Crippen MR) is 101 cm³/mol. The van der Waals surface area contributed by atoms with Gasteiger partial charge in [0.25, 0.3) is 0 Å². The molecule has 0 aromatic carbocycles. The first-order valence-electron chi connectivity index (χ1n) is 9.53. The Labute approximate surface area is 163 Å². The van der Waals surface area contributed by atoms with Crippen LogP contribution in [0.15, 0.2) is 11.6 Å². The van der Waals surface area contributed by atoms with Gasteiger partial charge in [-0.1, -0.05) is 0 Å². The molecule has 2 N–H and O–H groups in total. The Hall–Kier alpha value is -1.55. The summed E-state index contributed by atoms with van der Waals surface area (Å²) in [6.07, 6.45) is 2.57. The van der Waals surface area contributed by atoms with Gasteiger partial charge in [0.15, 0.2) is 0 Å². The van der Waals surface area contributed by atoms with Gasteiger partial charge in [-0.05, 0) is 6.42 Å². The third-order valence-corrected chi connectivity index (χ3v) is 6.63. The van der Waals surface area contributed by atoms with Crippen molar-refractivity contribution >= 4 is 23.2 Å². The number of carbonyl (C=O) groups is 2. The molecule has 3 fully saturated rings. The fraction of sp³-hybridized carbons (Fsp3) is 0.722. The number of aliphatic hydroxyl groups is 1. The van der Waals surface area contributed by atoms with Crippen LogP contribution in [0.2, 0.25) is 0 Å². The van der Waals surface area contributed by atoms with Crippen molar-refractivity contribution in [3.8, 4) is 0 Å². The van der Waals surface area contributed by atoms with Crippen molar-refractivity contribution in [2.24, 2.45) is 0 Å². The van der Waals surface area contributed by atoms with E-state index in [-0.39, 0.29) is 29.5 Å². The number of amides is 2. The van der Waals surface area contributed by atoms with Gasteiger partial charge in [-0.15, -0.1) is 11.3 Å². The van der Waals surface area contributed by atoms with E-state index in [9.17, 15) is 14.7 Å². The van der Waals surface area contributed by atoms with Crippen LogP contribution >= 0.6 is 11.3 Å². The Balaban J connectivity index is 1.40. The molecular weight excluding hydrogens is 366 g/mol. The molecule has 4 heterocycles. The number of thiazole rings is 1. The number of aliphatic hydroxyl groups excluding tert-OH is 1. The van der Waals surface area contributed by atoms with E-state index in [2.05, 4.69) is 20.1 Å². The predicted octanol–water partition coefficient (Wildman–Crippen LogP) is -0.499. The van der Waals surface area contributed by atoms with Crippen molar-refractivity contribution in [1.29, 1.82) is 0 Å². The van der Waals surface area contributed by atoms with E-state index in [4.69, 9.17) is 0 Å². The summed E-state index contributed by atoms with van der Waals surface area (Å²) < 4.78 is 0. The van der Waals surface area contributed by atoms with Gasteiger partial charge in [-0.3, -0.25) is 19.4 Å². The lowest BCUT2D eigenvalue weighted by Crippen LogP contribution is -2.78. The number of hydrogen-bond acceptors (Lipinski definition) is 7. The van der Waals surface area contributed by atoms with E-state index in [1.54, 1.807) is 11.3 Å². The molecule has 8 nitrogen and oxygen atoms in total. The third-order valence-electron chi connectivity index (χ3n) is 5.86. The maximum Gasteiger partial charge on any atom is 0.224 e. The highest BCUT2D eigenvalue weighted by Gasteiger charge is 2.56. The Morgan fingerprint density at radius 1 is 1.37 bits per heavy atom. The van der Waals surface area contributed by atoms with Gasteiger partial charge in [-0.2, -0.15) is 0 Å². The normalized spacial score (nSPS) is 27.4. The highest BCUT2D eigenvalue weighted by Crippen LogP contribution is 2.39. The number of rotatable bonds is 5. The average molecular weight is 394 g/mol. The number of carbonyl (C=O) groups excluding carboxylic acids is 2. The monoisotopic (exact) mass is 393 g/mol.